The monoisotopic (exact) mass is 337 g/mol. The third-order valence-electron chi connectivity index (χ3n) is 3.94. The van der Waals surface area contributed by atoms with Gasteiger partial charge in [-0.05, 0) is 46.5 Å². The van der Waals surface area contributed by atoms with Crippen molar-refractivity contribution in [2.45, 2.75) is 64.6 Å². The highest BCUT2D eigenvalue weighted by Crippen LogP contribution is 2.39. The molecular formula is C16H27N5O3. The van der Waals surface area contributed by atoms with Crippen molar-refractivity contribution in [2.24, 2.45) is 5.92 Å². The summed E-state index contributed by atoms with van der Waals surface area (Å²) in [6.45, 7) is 8.25. The van der Waals surface area contributed by atoms with E-state index in [1.165, 1.54) is 6.33 Å². The maximum absolute atomic E-state index is 12.2. The number of aryl methyl sites for hydroxylation is 1. The highest BCUT2D eigenvalue weighted by molar-refractivity contribution is 5.77. The topological polar surface area (TPSA) is 98.1 Å². The van der Waals surface area contributed by atoms with Crippen LogP contribution >= 0.6 is 0 Å². The van der Waals surface area contributed by atoms with Crippen LogP contribution in [0.25, 0.3) is 0 Å². The molecule has 1 heterocycles. The molecule has 1 unspecified atom stereocenters. The number of rotatable bonds is 7. The zero-order valence-electron chi connectivity index (χ0n) is 14.8. The van der Waals surface area contributed by atoms with Crippen molar-refractivity contribution < 1.29 is 14.3 Å². The molecule has 8 heteroatoms. The molecule has 0 saturated heterocycles. The number of hydrogen-bond donors (Lipinski definition) is 2. The molecule has 8 nitrogen and oxygen atoms in total. The summed E-state index contributed by atoms with van der Waals surface area (Å²) in [6, 6.07) is 0. The van der Waals surface area contributed by atoms with Crippen molar-refractivity contribution in [1.29, 1.82) is 0 Å². The van der Waals surface area contributed by atoms with E-state index in [1.54, 1.807) is 11.0 Å². The molecule has 1 fully saturated rings. The first kappa shape index (κ1) is 18.2. The Morgan fingerprint density at radius 3 is 2.54 bits per heavy atom. The molecule has 0 bridgehead atoms. The SMILES string of the molecule is CC(C)(C)OC(=O)NCC(C)(NC(=O)CCn1cncn1)C1CC1. The highest BCUT2D eigenvalue weighted by atomic mass is 16.6. The van der Waals surface area contributed by atoms with Gasteiger partial charge in [-0.2, -0.15) is 5.10 Å². The average molecular weight is 337 g/mol. The van der Waals surface area contributed by atoms with Gasteiger partial charge in [0.2, 0.25) is 5.91 Å². The summed E-state index contributed by atoms with van der Waals surface area (Å²) in [5.41, 5.74) is -1.00. The standard InChI is InChI=1S/C16H27N5O3/c1-15(2,3)24-14(23)18-9-16(4,12-5-6-12)20-13(22)7-8-21-11-17-10-19-21/h10-12H,5-9H2,1-4H3,(H,18,23)(H,20,22). The molecule has 0 radical (unpaired) electrons. The zero-order chi connectivity index (χ0) is 17.8. The van der Waals surface area contributed by atoms with Gasteiger partial charge in [-0.3, -0.25) is 9.48 Å². The molecule has 1 aliphatic rings. The summed E-state index contributed by atoms with van der Waals surface area (Å²) >= 11 is 0. The van der Waals surface area contributed by atoms with Gasteiger partial charge >= 0.3 is 6.09 Å². The van der Waals surface area contributed by atoms with Crippen LogP contribution in [0.1, 0.15) is 47.0 Å². The largest absolute Gasteiger partial charge is 0.444 e. The van der Waals surface area contributed by atoms with Crippen LogP contribution in [0, 0.1) is 5.92 Å². The first-order valence-corrected chi connectivity index (χ1v) is 8.28. The van der Waals surface area contributed by atoms with Crippen molar-refractivity contribution in [3.05, 3.63) is 12.7 Å². The Morgan fingerprint density at radius 1 is 1.29 bits per heavy atom. The lowest BCUT2D eigenvalue weighted by molar-refractivity contribution is -0.123. The second kappa shape index (κ2) is 7.19. The summed E-state index contributed by atoms with van der Waals surface area (Å²) in [7, 11) is 0. The van der Waals surface area contributed by atoms with Gasteiger partial charge in [0.05, 0.1) is 12.1 Å². The molecule has 1 aromatic rings. The van der Waals surface area contributed by atoms with Crippen LogP contribution in [-0.2, 0) is 16.1 Å². The lowest BCUT2D eigenvalue weighted by atomic mass is 9.95. The Hall–Kier alpha value is -2.12. The summed E-state index contributed by atoms with van der Waals surface area (Å²) < 4.78 is 6.87. The minimum absolute atomic E-state index is 0.0640. The number of ether oxygens (including phenoxy) is 1. The van der Waals surface area contributed by atoms with Gasteiger partial charge in [-0.25, -0.2) is 9.78 Å². The van der Waals surface area contributed by atoms with E-state index in [-0.39, 0.29) is 5.91 Å². The van der Waals surface area contributed by atoms with E-state index in [0.717, 1.165) is 12.8 Å². The van der Waals surface area contributed by atoms with Crippen molar-refractivity contribution in [1.82, 2.24) is 25.4 Å². The summed E-state index contributed by atoms with van der Waals surface area (Å²) in [5.74, 6) is 0.314. The molecule has 1 atom stereocenters. The number of alkyl carbamates (subject to hydrolysis) is 1. The number of amides is 2. The molecule has 134 valence electrons. The Labute approximate surface area is 142 Å². The third-order valence-corrected chi connectivity index (χ3v) is 3.94. The molecule has 1 aliphatic carbocycles. The zero-order valence-corrected chi connectivity index (χ0v) is 14.8. The smallest absolute Gasteiger partial charge is 0.407 e. The average Bonchev–Trinajstić information content (AvgIpc) is 3.20. The van der Waals surface area contributed by atoms with Crippen molar-refractivity contribution in [3.63, 3.8) is 0 Å². The minimum Gasteiger partial charge on any atom is -0.444 e. The van der Waals surface area contributed by atoms with E-state index < -0.39 is 17.2 Å². The van der Waals surface area contributed by atoms with Gasteiger partial charge in [-0.1, -0.05) is 0 Å². The molecule has 2 N–H and O–H groups in total. The fourth-order valence-electron chi connectivity index (χ4n) is 2.53. The second-order valence-corrected chi connectivity index (χ2v) is 7.50. The summed E-state index contributed by atoms with van der Waals surface area (Å²) in [5, 5.41) is 9.82. The fraction of sp³-hybridized carbons (Fsp3) is 0.750. The quantitative estimate of drug-likeness (QED) is 0.785. The Balaban J connectivity index is 1.83. The van der Waals surface area contributed by atoms with E-state index in [0.29, 0.717) is 25.4 Å². The van der Waals surface area contributed by atoms with E-state index in [9.17, 15) is 9.59 Å². The van der Waals surface area contributed by atoms with Crippen molar-refractivity contribution in [3.8, 4) is 0 Å². The number of nitrogens with zero attached hydrogens (tertiary/aromatic N) is 3. The number of hydrogen-bond acceptors (Lipinski definition) is 5. The van der Waals surface area contributed by atoms with E-state index in [4.69, 9.17) is 4.74 Å². The Kier molecular flexibility index (Phi) is 5.46. The minimum atomic E-state index is -0.541. The molecule has 24 heavy (non-hydrogen) atoms. The first-order valence-electron chi connectivity index (χ1n) is 8.28. The molecule has 0 aliphatic heterocycles. The molecule has 2 amide bonds. The van der Waals surface area contributed by atoms with Crippen LogP contribution in [0.15, 0.2) is 12.7 Å². The fourth-order valence-corrected chi connectivity index (χ4v) is 2.53. The van der Waals surface area contributed by atoms with Crippen LogP contribution in [0.3, 0.4) is 0 Å². The lowest BCUT2D eigenvalue weighted by Gasteiger charge is -2.32. The van der Waals surface area contributed by atoms with Gasteiger partial charge in [0, 0.05) is 13.0 Å². The van der Waals surface area contributed by atoms with Crippen molar-refractivity contribution >= 4 is 12.0 Å². The number of carbonyl (C=O) groups is 2. The molecule has 0 spiro atoms. The molecule has 2 rings (SSSR count). The Bertz CT molecular complexity index is 563. The third kappa shape index (κ3) is 5.82. The molecule has 1 saturated carbocycles. The lowest BCUT2D eigenvalue weighted by Crippen LogP contribution is -2.55. The van der Waals surface area contributed by atoms with Gasteiger partial charge in [-0.15, -0.1) is 0 Å². The molecule has 0 aromatic carbocycles. The van der Waals surface area contributed by atoms with Gasteiger partial charge < -0.3 is 15.4 Å². The second-order valence-electron chi connectivity index (χ2n) is 7.50. The number of aromatic nitrogens is 3. The Morgan fingerprint density at radius 2 is 2.00 bits per heavy atom. The highest BCUT2D eigenvalue weighted by Gasteiger charge is 2.42. The number of carbonyl (C=O) groups excluding carboxylic acids is 2. The van der Waals surface area contributed by atoms with Gasteiger partial charge in [0.25, 0.3) is 0 Å². The predicted octanol–water partition coefficient (Wildman–Crippen LogP) is 1.48. The van der Waals surface area contributed by atoms with Gasteiger partial charge in [0.15, 0.2) is 0 Å². The maximum atomic E-state index is 12.2. The predicted molar refractivity (Wildman–Crippen MR) is 88.1 cm³/mol. The maximum Gasteiger partial charge on any atom is 0.407 e. The van der Waals surface area contributed by atoms with Crippen LogP contribution in [0.4, 0.5) is 4.79 Å². The van der Waals surface area contributed by atoms with Crippen LogP contribution < -0.4 is 10.6 Å². The van der Waals surface area contributed by atoms with E-state index in [1.807, 2.05) is 27.7 Å². The van der Waals surface area contributed by atoms with Gasteiger partial charge in [0.1, 0.15) is 18.3 Å². The van der Waals surface area contributed by atoms with Crippen molar-refractivity contribution in [2.75, 3.05) is 6.54 Å². The molecule has 1 aromatic heterocycles. The first-order chi connectivity index (χ1) is 11.2. The van der Waals surface area contributed by atoms with E-state index >= 15 is 0 Å². The van der Waals surface area contributed by atoms with Crippen LogP contribution in [0.5, 0.6) is 0 Å². The van der Waals surface area contributed by atoms with Crippen LogP contribution in [-0.4, -0.2) is 44.4 Å². The molecular weight excluding hydrogens is 310 g/mol. The summed E-state index contributed by atoms with van der Waals surface area (Å²) in [4.78, 5) is 27.9. The normalized spacial score (nSPS) is 17.0. The number of nitrogens with one attached hydrogen (secondary N) is 2. The summed E-state index contributed by atoms with van der Waals surface area (Å²) in [6.07, 6.45) is 4.98. The van der Waals surface area contributed by atoms with Crippen LogP contribution in [0.2, 0.25) is 0 Å². The van der Waals surface area contributed by atoms with E-state index in [2.05, 4.69) is 20.7 Å².